The Morgan fingerprint density at radius 3 is 2.73 bits per heavy atom. The zero-order valence-electron chi connectivity index (χ0n) is 17.6. The molecular formula is C24H20F3IN4O. The molecule has 2 heterocycles. The van der Waals surface area contributed by atoms with Gasteiger partial charge in [-0.25, -0.2) is 4.98 Å². The van der Waals surface area contributed by atoms with E-state index < -0.39 is 17.6 Å². The van der Waals surface area contributed by atoms with E-state index in [9.17, 15) is 18.0 Å². The van der Waals surface area contributed by atoms with Gasteiger partial charge in [-0.05, 0) is 60.0 Å². The summed E-state index contributed by atoms with van der Waals surface area (Å²) in [7, 11) is 0. The van der Waals surface area contributed by atoms with Crippen LogP contribution in [0.25, 0.3) is 11.0 Å². The first kappa shape index (κ1) is 23.1. The Balaban J connectivity index is 1.52. The number of H-pyrrole nitrogens is 1. The van der Waals surface area contributed by atoms with Crippen LogP contribution in [0.15, 0.2) is 60.9 Å². The summed E-state index contributed by atoms with van der Waals surface area (Å²) in [5, 5.41) is 6.99. The SMILES string of the molecule is Cc1ccc(C(=O)Nc2cccc(C(F)(F)F)c2)cc1NCc1cnc2[nH]ccc2c1CI. The van der Waals surface area contributed by atoms with Crippen molar-refractivity contribution in [1.29, 1.82) is 0 Å². The minimum absolute atomic E-state index is 0.0856. The van der Waals surface area contributed by atoms with Gasteiger partial charge < -0.3 is 15.6 Å². The van der Waals surface area contributed by atoms with Crippen molar-refractivity contribution in [1.82, 2.24) is 9.97 Å². The zero-order valence-corrected chi connectivity index (χ0v) is 19.7. The molecule has 0 aliphatic carbocycles. The number of carbonyl (C=O) groups excluding carboxylic acids is 1. The van der Waals surface area contributed by atoms with Crippen LogP contribution in [-0.4, -0.2) is 15.9 Å². The average molecular weight is 564 g/mol. The minimum atomic E-state index is -4.48. The molecule has 0 unspecified atom stereocenters. The van der Waals surface area contributed by atoms with E-state index in [1.807, 2.05) is 25.4 Å². The molecule has 4 aromatic rings. The van der Waals surface area contributed by atoms with E-state index in [1.54, 1.807) is 18.2 Å². The number of nitrogens with zero attached hydrogens (tertiary/aromatic N) is 1. The predicted octanol–water partition coefficient (Wildman–Crippen LogP) is 6.69. The third kappa shape index (κ3) is 5.13. The van der Waals surface area contributed by atoms with Crippen molar-refractivity contribution in [2.24, 2.45) is 0 Å². The molecule has 2 aromatic heterocycles. The zero-order chi connectivity index (χ0) is 23.6. The van der Waals surface area contributed by atoms with Crippen LogP contribution in [0.4, 0.5) is 24.5 Å². The van der Waals surface area contributed by atoms with Crippen molar-refractivity contribution in [2.45, 2.75) is 24.1 Å². The number of halogens is 4. The number of hydrogen-bond donors (Lipinski definition) is 3. The fourth-order valence-electron chi connectivity index (χ4n) is 3.54. The topological polar surface area (TPSA) is 69.8 Å². The van der Waals surface area contributed by atoms with Crippen LogP contribution >= 0.6 is 22.6 Å². The number of anilines is 2. The van der Waals surface area contributed by atoms with Crippen LogP contribution in [0.3, 0.4) is 0 Å². The number of fused-ring (bicyclic) bond motifs is 1. The molecule has 9 heteroatoms. The van der Waals surface area contributed by atoms with Gasteiger partial charge in [0.05, 0.1) is 5.56 Å². The van der Waals surface area contributed by atoms with E-state index in [0.29, 0.717) is 12.1 Å². The Bertz CT molecular complexity index is 1320. The summed E-state index contributed by atoms with van der Waals surface area (Å²) in [5.41, 5.74) is 4.40. The van der Waals surface area contributed by atoms with Gasteiger partial charge in [0.2, 0.25) is 0 Å². The summed E-state index contributed by atoms with van der Waals surface area (Å²) >= 11 is 2.32. The smallest absolute Gasteiger partial charge is 0.381 e. The monoisotopic (exact) mass is 564 g/mol. The third-order valence-electron chi connectivity index (χ3n) is 5.34. The number of aryl methyl sites for hydroxylation is 1. The molecule has 0 atom stereocenters. The van der Waals surface area contributed by atoms with Crippen molar-refractivity contribution in [2.75, 3.05) is 10.6 Å². The first-order valence-corrected chi connectivity index (χ1v) is 11.6. The molecule has 5 nitrogen and oxygen atoms in total. The molecule has 33 heavy (non-hydrogen) atoms. The number of benzene rings is 2. The summed E-state index contributed by atoms with van der Waals surface area (Å²) in [5.74, 6) is -0.485. The van der Waals surface area contributed by atoms with Crippen molar-refractivity contribution in [3.8, 4) is 0 Å². The summed E-state index contributed by atoms with van der Waals surface area (Å²) in [6.45, 7) is 2.44. The van der Waals surface area contributed by atoms with Crippen LogP contribution < -0.4 is 10.6 Å². The third-order valence-corrected chi connectivity index (χ3v) is 6.10. The van der Waals surface area contributed by atoms with Gasteiger partial charge in [0, 0.05) is 45.7 Å². The lowest BCUT2D eigenvalue weighted by Gasteiger charge is -2.14. The highest BCUT2D eigenvalue weighted by atomic mass is 127. The molecule has 4 rings (SSSR count). The number of amides is 1. The number of aromatic nitrogens is 2. The van der Waals surface area contributed by atoms with E-state index in [0.717, 1.165) is 44.4 Å². The average Bonchev–Trinajstić information content (AvgIpc) is 3.26. The maximum absolute atomic E-state index is 12.9. The molecule has 0 spiro atoms. The highest BCUT2D eigenvalue weighted by Crippen LogP contribution is 2.31. The maximum atomic E-state index is 12.9. The minimum Gasteiger partial charge on any atom is -0.381 e. The van der Waals surface area contributed by atoms with Gasteiger partial charge in [-0.1, -0.05) is 34.7 Å². The molecule has 1 amide bonds. The van der Waals surface area contributed by atoms with E-state index in [4.69, 9.17) is 0 Å². The Morgan fingerprint density at radius 2 is 1.97 bits per heavy atom. The van der Waals surface area contributed by atoms with Crippen molar-refractivity contribution >= 4 is 50.9 Å². The second-order valence-electron chi connectivity index (χ2n) is 7.55. The second-order valence-corrected chi connectivity index (χ2v) is 8.31. The van der Waals surface area contributed by atoms with Gasteiger partial charge in [-0.3, -0.25) is 4.79 Å². The van der Waals surface area contributed by atoms with Crippen LogP contribution in [0.5, 0.6) is 0 Å². The molecular weight excluding hydrogens is 544 g/mol. The first-order valence-electron chi connectivity index (χ1n) is 10.1. The number of aromatic amines is 1. The molecule has 2 aromatic carbocycles. The Hall–Kier alpha value is -3.08. The second kappa shape index (κ2) is 9.42. The van der Waals surface area contributed by atoms with Gasteiger partial charge in [0.1, 0.15) is 5.65 Å². The Kier molecular flexibility index (Phi) is 6.59. The summed E-state index contributed by atoms with van der Waals surface area (Å²) < 4.78 is 39.7. The number of pyridine rings is 1. The molecule has 0 saturated heterocycles. The van der Waals surface area contributed by atoms with E-state index >= 15 is 0 Å². The predicted molar refractivity (Wildman–Crippen MR) is 132 cm³/mol. The van der Waals surface area contributed by atoms with Gasteiger partial charge in [-0.2, -0.15) is 13.2 Å². The Labute approximate surface area is 202 Å². The number of rotatable bonds is 6. The standard InChI is InChI=1S/C24H20F3IN4O/c1-14-5-6-15(23(33)32-18-4-2-3-17(10-18)24(25,26)27)9-21(14)30-12-16-13-31-22-19(7-8-29-22)20(16)11-28/h2-10,13,30H,11-12H2,1H3,(H,29,31)(H,32,33). The molecule has 0 saturated carbocycles. The largest absolute Gasteiger partial charge is 0.416 e. The molecule has 0 aliphatic rings. The number of hydrogen-bond acceptors (Lipinski definition) is 3. The van der Waals surface area contributed by atoms with Gasteiger partial charge in [-0.15, -0.1) is 0 Å². The van der Waals surface area contributed by atoms with Crippen LogP contribution in [0.1, 0.15) is 32.6 Å². The highest BCUT2D eigenvalue weighted by Gasteiger charge is 2.30. The van der Waals surface area contributed by atoms with Crippen LogP contribution in [0, 0.1) is 6.92 Å². The summed E-state index contributed by atoms with van der Waals surface area (Å²) in [4.78, 5) is 20.3. The fourth-order valence-corrected chi connectivity index (χ4v) is 4.44. The maximum Gasteiger partial charge on any atom is 0.416 e. The van der Waals surface area contributed by atoms with Crippen molar-refractivity contribution in [3.63, 3.8) is 0 Å². The molecule has 0 fully saturated rings. The van der Waals surface area contributed by atoms with Gasteiger partial charge in [0.15, 0.2) is 0 Å². The van der Waals surface area contributed by atoms with Crippen LogP contribution in [-0.2, 0) is 17.1 Å². The number of alkyl halides is 4. The van der Waals surface area contributed by atoms with Gasteiger partial charge >= 0.3 is 6.18 Å². The fraction of sp³-hybridized carbons (Fsp3) is 0.167. The van der Waals surface area contributed by atoms with Gasteiger partial charge in [0.25, 0.3) is 5.91 Å². The lowest BCUT2D eigenvalue weighted by atomic mass is 10.1. The van der Waals surface area contributed by atoms with E-state index in [-0.39, 0.29) is 5.69 Å². The lowest BCUT2D eigenvalue weighted by Crippen LogP contribution is -2.14. The Morgan fingerprint density at radius 1 is 1.15 bits per heavy atom. The quantitative estimate of drug-likeness (QED) is 0.181. The lowest BCUT2D eigenvalue weighted by molar-refractivity contribution is -0.137. The molecule has 0 aliphatic heterocycles. The molecule has 170 valence electrons. The van der Waals surface area contributed by atoms with Crippen molar-refractivity contribution in [3.05, 3.63) is 88.7 Å². The molecule has 0 radical (unpaired) electrons. The van der Waals surface area contributed by atoms with E-state index in [2.05, 4.69) is 43.2 Å². The van der Waals surface area contributed by atoms with Crippen molar-refractivity contribution < 1.29 is 18.0 Å². The summed E-state index contributed by atoms with van der Waals surface area (Å²) in [6, 6.07) is 11.7. The normalized spacial score (nSPS) is 11.5. The summed E-state index contributed by atoms with van der Waals surface area (Å²) in [6.07, 6.45) is -0.780. The molecule has 0 bridgehead atoms. The van der Waals surface area contributed by atoms with Crippen LogP contribution in [0.2, 0.25) is 0 Å². The number of carbonyl (C=O) groups is 1. The van der Waals surface area contributed by atoms with E-state index in [1.165, 1.54) is 17.7 Å². The molecule has 3 N–H and O–H groups in total. The first-order chi connectivity index (χ1) is 15.8. The highest BCUT2D eigenvalue weighted by molar-refractivity contribution is 14.1. The number of nitrogens with one attached hydrogen (secondary N) is 3.